The van der Waals surface area contributed by atoms with Crippen LogP contribution in [0.1, 0.15) is 5.56 Å². The van der Waals surface area contributed by atoms with Crippen LogP contribution in [-0.2, 0) is 11.0 Å². The highest BCUT2D eigenvalue weighted by Gasteiger charge is 2.76. The Bertz CT molecular complexity index is 720. The number of carbonyl (C=O) groups excluding carboxylic acids is 1. The summed E-state index contributed by atoms with van der Waals surface area (Å²) in [6.07, 6.45) is -11.3. The zero-order valence-electron chi connectivity index (χ0n) is 13.7. The second-order valence-electron chi connectivity index (χ2n) is 5.97. The molecule has 1 heterocycles. The van der Waals surface area contributed by atoms with Gasteiger partial charge < -0.3 is 9.80 Å². The van der Waals surface area contributed by atoms with E-state index in [1.165, 1.54) is 11.0 Å². The average molecular weight is 426 g/mol. The fraction of sp³-hybridized carbons (Fsp3) is 0.533. The number of hydrogen-bond donors (Lipinski definition) is 0. The van der Waals surface area contributed by atoms with E-state index < -0.39 is 48.8 Å². The lowest BCUT2D eigenvalue weighted by Crippen LogP contribution is -2.62. The van der Waals surface area contributed by atoms with Crippen LogP contribution in [0.3, 0.4) is 0 Å². The number of nitrogens with zero attached hydrogens (tertiary/aromatic N) is 2. The number of rotatable bonds is 3. The molecule has 0 radical (unpaired) electrons. The smallest absolute Gasteiger partial charge is 0.368 e. The lowest BCUT2D eigenvalue weighted by molar-refractivity contribution is -0.346. The molecule has 1 aromatic rings. The van der Waals surface area contributed by atoms with Gasteiger partial charge in [0.05, 0.1) is 5.56 Å². The molecule has 0 unspecified atom stereocenters. The molecule has 1 aliphatic rings. The number of alkyl halides is 10. The number of carbonyl (C=O) groups is 1. The van der Waals surface area contributed by atoms with Crippen LogP contribution in [0.25, 0.3) is 0 Å². The number of benzene rings is 1. The van der Waals surface area contributed by atoms with Gasteiger partial charge in [0, 0.05) is 31.9 Å². The van der Waals surface area contributed by atoms with Crippen molar-refractivity contribution in [3.05, 3.63) is 29.8 Å². The highest BCUT2D eigenvalue weighted by Crippen LogP contribution is 2.47. The normalized spacial score (nSPS) is 17.1. The minimum Gasteiger partial charge on any atom is -0.368 e. The van der Waals surface area contributed by atoms with Gasteiger partial charge in [-0.15, -0.1) is 0 Å². The van der Waals surface area contributed by atoms with Crippen LogP contribution in [0.15, 0.2) is 24.3 Å². The van der Waals surface area contributed by atoms with Crippen molar-refractivity contribution in [2.24, 2.45) is 0 Å². The van der Waals surface area contributed by atoms with Crippen molar-refractivity contribution in [1.29, 1.82) is 0 Å². The zero-order valence-corrected chi connectivity index (χ0v) is 13.7. The summed E-state index contributed by atoms with van der Waals surface area (Å²) in [7, 11) is 0. The Hall–Kier alpha value is -2.21. The SMILES string of the molecule is O=C(N1CCN(c2cccc(C(F)(F)F)c2)CC1)C(F)(F)C(F)(F)C(F)(F)F. The summed E-state index contributed by atoms with van der Waals surface area (Å²) in [6.45, 7) is -2.00. The summed E-state index contributed by atoms with van der Waals surface area (Å²) in [6, 6.07) is 3.93. The molecule has 2 rings (SSSR count). The van der Waals surface area contributed by atoms with Gasteiger partial charge in [-0.25, -0.2) is 0 Å². The van der Waals surface area contributed by atoms with E-state index in [9.17, 15) is 48.7 Å². The summed E-state index contributed by atoms with van der Waals surface area (Å²) < 4.78 is 128. The minimum atomic E-state index is -6.63. The summed E-state index contributed by atoms with van der Waals surface area (Å²) in [4.78, 5) is 13.0. The molecular weight excluding hydrogens is 414 g/mol. The van der Waals surface area contributed by atoms with Gasteiger partial charge in [-0.05, 0) is 18.2 Å². The second-order valence-corrected chi connectivity index (χ2v) is 5.97. The molecular formula is C15H12F10N2O. The van der Waals surface area contributed by atoms with Crippen LogP contribution in [0, 0.1) is 0 Å². The molecule has 0 N–H and O–H groups in total. The van der Waals surface area contributed by atoms with Gasteiger partial charge in [0.2, 0.25) is 0 Å². The summed E-state index contributed by atoms with van der Waals surface area (Å²) in [5.74, 6) is -15.3. The van der Waals surface area contributed by atoms with Crippen molar-refractivity contribution < 1.29 is 48.7 Å². The number of anilines is 1. The Morgan fingerprint density at radius 2 is 1.36 bits per heavy atom. The Morgan fingerprint density at radius 1 is 0.821 bits per heavy atom. The lowest BCUT2D eigenvalue weighted by atomic mass is 10.1. The van der Waals surface area contributed by atoms with Gasteiger partial charge in [0.25, 0.3) is 5.91 Å². The van der Waals surface area contributed by atoms with Crippen LogP contribution in [0.2, 0.25) is 0 Å². The van der Waals surface area contributed by atoms with Crippen molar-refractivity contribution >= 4 is 11.6 Å². The fourth-order valence-corrected chi connectivity index (χ4v) is 2.56. The monoisotopic (exact) mass is 426 g/mol. The van der Waals surface area contributed by atoms with E-state index >= 15 is 0 Å². The minimum absolute atomic E-state index is 0.0364. The van der Waals surface area contributed by atoms with Crippen LogP contribution in [-0.4, -0.2) is 55.0 Å². The Kier molecular flexibility index (Phi) is 5.52. The number of piperazine rings is 1. The van der Waals surface area contributed by atoms with E-state index in [-0.39, 0.29) is 23.7 Å². The van der Waals surface area contributed by atoms with Gasteiger partial charge >= 0.3 is 24.2 Å². The molecule has 1 fully saturated rings. The molecule has 0 bridgehead atoms. The van der Waals surface area contributed by atoms with Crippen molar-refractivity contribution in [2.45, 2.75) is 24.2 Å². The van der Waals surface area contributed by atoms with Crippen molar-refractivity contribution in [3.8, 4) is 0 Å². The van der Waals surface area contributed by atoms with Gasteiger partial charge in [-0.1, -0.05) is 6.07 Å². The Balaban J connectivity index is 2.11. The van der Waals surface area contributed by atoms with E-state index in [0.717, 1.165) is 18.2 Å². The number of halogens is 10. The van der Waals surface area contributed by atoms with Crippen LogP contribution in [0.5, 0.6) is 0 Å². The maximum absolute atomic E-state index is 13.5. The first-order valence-electron chi connectivity index (χ1n) is 7.63. The average Bonchev–Trinajstić information content (AvgIpc) is 2.59. The van der Waals surface area contributed by atoms with Gasteiger partial charge in [-0.3, -0.25) is 4.79 Å². The van der Waals surface area contributed by atoms with Crippen molar-refractivity contribution in [1.82, 2.24) is 4.90 Å². The summed E-state index contributed by atoms with van der Waals surface area (Å²) in [5, 5.41) is 0. The standard InChI is InChI=1S/C15H12F10N2O/c16-12(17,14(21,22)15(23,24)25)11(28)27-6-4-26(5-7-27)10-3-1-2-9(8-10)13(18,19)20/h1-3,8H,4-7H2. The number of amides is 1. The molecule has 1 aliphatic heterocycles. The predicted molar refractivity (Wildman–Crippen MR) is 76.2 cm³/mol. The predicted octanol–water partition coefficient (Wildman–Crippen LogP) is 4.19. The Morgan fingerprint density at radius 3 is 1.82 bits per heavy atom. The summed E-state index contributed by atoms with van der Waals surface area (Å²) >= 11 is 0. The molecule has 13 heteroatoms. The number of hydrogen-bond acceptors (Lipinski definition) is 2. The topological polar surface area (TPSA) is 23.6 Å². The molecule has 0 saturated carbocycles. The van der Waals surface area contributed by atoms with E-state index in [2.05, 4.69) is 0 Å². The third kappa shape index (κ3) is 3.97. The molecule has 3 nitrogen and oxygen atoms in total. The molecule has 158 valence electrons. The molecule has 1 aromatic carbocycles. The first kappa shape index (κ1) is 22.1. The maximum atomic E-state index is 13.5. The highest BCUT2D eigenvalue weighted by molar-refractivity contribution is 5.85. The molecule has 28 heavy (non-hydrogen) atoms. The zero-order chi connectivity index (χ0) is 21.5. The lowest BCUT2D eigenvalue weighted by Gasteiger charge is -2.38. The van der Waals surface area contributed by atoms with E-state index in [1.54, 1.807) is 0 Å². The van der Waals surface area contributed by atoms with E-state index in [1.807, 2.05) is 0 Å². The maximum Gasteiger partial charge on any atom is 0.460 e. The third-order valence-electron chi connectivity index (χ3n) is 4.12. The van der Waals surface area contributed by atoms with E-state index in [0.29, 0.717) is 0 Å². The molecule has 1 saturated heterocycles. The first-order valence-corrected chi connectivity index (χ1v) is 7.63. The summed E-state index contributed by atoms with van der Waals surface area (Å²) in [5.41, 5.74) is -0.950. The van der Waals surface area contributed by atoms with Crippen molar-refractivity contribution in [3.63, 3.8) is 0 Å². The second kappa shape index (κ2) is 6.99. The van der Waals surface area contributed by atoms with E-state index in [4.69, 9.17) is 0 Å². The van der Waals surface area contributed by atoms with Crippen molar-refractivity contribution in [2.75, 3.05) is 31.1 Å². The molecule has 1 amide bonds. The quantitative estimate of drug-likeness (QED) is 0.677. The molecule has 0 spiro atoms. The molecule has 0 aliphatic carbocycles. The van der Waals surface area contributed by atoms with Gasteiger partial charge in [0.15, 0.2) is 0 Å². The molecule has 0 aromatic heterocycles. The largest absolute Gasteiger partial charge is 0.460 e. The highest BCUT2D eigenvalue weighted by atomic mass is 19.4. The fourth-order valence-electron chi connectivity index (χ4n) is 2.56. The van der Waals surface area contributed by atoms with Crippen LogP contribution in [0.4, 0.5) is 49.6 Å². The Labute approximate surface area is 151 Å². The molecule has 0 atom stereocenters. The van der Waals surface area contributed by atoms with Gasteiger partial charge in [-0.2, -0.15) is 43.9 Å². The third-order valence-corrected chi connectivity index (χ3v) is 4.12. The van der Waals surface area contributed by atoms with Gasteiger partial charge in [0.1, 0.15) is 0 Å². The van der Waals surface area contributed by atoms with Crippen LogP contribution >= 0.6 is 0 Å². The van der Waals surface area contributed by atoms with Crippen LogP contribution < -0.4 is 4.90 Å². The first-order chi connectivity index (χ1) is 12.6.